The van der Waals surface area contributed by atoms with Crippen molar-refractivity contribution >= 4 is 23.7 Å². The smallest absolute Gasteiger partial charge is 0.315 e. The summed E-state index contributed by atoms with van der Waals surface area (Å²) in [6.45, 7) is 0.909. The second-order valence-corrected chi connectivity index (χ2v) is 6.67. The van der Waals surface area contributed by atoms with Crippen LogP contribution in [0.5, 0.6) is 0 Å². The van der Waals surface area contributed by atoms with Gasteiger partial charge in [0, 0.05) is 19.0 Å². The van der Waals surface area contributed by atoms with E-state index in [9.17, 15) is 9.59 Å². The zero-order valence-corrected chi connectivity index (χ0v) is 14.9. The van der Waals surface area contributed by atoms with E-state index < -0.39 is 5.54 Å². The minimum atomic E-state index is -1.17. The molecule has 0 radical (unpaired) electrons. The average molecular weight is 355 g/mol. The Kier molecular flexibility index (Phi) is 5.40. The number of carbonyl (C=O) groups is 2. The summed E-state index contributed by atoms with van der Waals surface area (Å²) in [6, 6.07) is 18.4. The van der Waals surface area contributed by atoms with Gasteiger partial charge in [0.1, 0.15) is 0 Å². The van der Waals surface area contributed by atoms with Crippen molar-refractivity contribution in [3.63, 3.8) is 0 Å². The maximum Gasteiger partial charge on any atom is 0.325 e. The predicted octanol–water partition coefficient (Wildman–Crippen LogP) is 2.39. The van der Waals surface area contributed by atoms with Crippen LogP contribution in [0.3, 0.4) is 0 Å². The van der Waals surface area contributed by atoms with Crippen molar-refractivity contribution in [2.75, 3.05) is 25.2 Å². The van der Waals surface area contributed by atoms with E-state index in [-0.39, 0.29) is 11.9 Å². The Balaban J connectivity index is 1.96. The normalized spacial score (nSPS) is 16.1. The second-order valence-electron chi connectivity index (χ2n) is 5.80. The van der Waals surface area contributed by atoms with E-state index in [1.54, 1.807) is 11.8 Å². The van der Waals surface area contributed by atoms with Crippen molar-refractivity contribution in [1.82, 2.24) is 15.5 Å². The molecule has 1 aliphatic rings. The molecule has 3 rings (SSSR count). The molecule has 0 aliphatic carbocycles. The van der Waals surface area contributed by atoms with Gasteiger partial charge in [-0.25, -0.2) is 4.79 Å². The number of imide groups is 1. The summed E-state index contributed by atoms with van der Waals surface area (Å²) in [7, 11) is 0. The Morgan fingerprint density at radius 3 is 2.08 bits per heavy atom. The van der Waals surface area contributed by atoms with Crippen molar-refractivity contribution < 1.29 is 9.59 Å². The molecule has 0 bridgehead atoms. The highest BCUT2D eigenvalue weighted by Gasteiger charge is 2.53. The van der Waals surface area contributed by atoms with E-state index in [0.29, 0.717) is 13.1 Å². The van der Waals surface area contributed by atoms with Crippen molar-refractivity contribution in [3.8, 4) is 0 Å². The maximum atomic E-state index is 13.3. The Morgan fingerprint density at radius 1 is 1.00 bits per heavy atom. The number of amides is 3. The first-order valence-electron chi connectivity index (χ1n) is 8.15. The number of nitrogens with one attached hydrogen (secondary N) is 2. The van der Waals surface area contributed by atoms with Crippen LogP contribution in [0.25, 0.3) is 0 Å². The molecule has 5 nitrogen and oxygen atoms in total. The van der Waals surface area contributed by atoms with Gasteiger partial charge < -0.3 is 10.6 Å². The van der Waals surface area contributed by atoms with E-state index >= 15 is 0 Å². The summed E-state index contributed by atoms with van der Waals surface area (Å²) in [5.74, 6) is 0.549. The van der Waals surface area contributed by atoms with Gasteiger partial charge in [0.2, 0.25) is 0 Å². The molecule has 2 N–H and O–H groups in total. The van der Waals surface area contributed by atoms with Crippen molar-refractivity contribution in [3.05, 3.63) is 71.8 Å². The summed E-state index contributed by atoms with van der Waals surface area (Å²) >= 11 is 1.66. The first kappa shape index (κ1) is 17.5. The Bertz CT molecular complexity index is 697. The topological polar surface area (TPSA) is 61.4 Å². The minimum Gasteiger partial charge on any atom is -0.315 e. The van der Waals surface area contributed by atoms with E-state index in [0.717, 1.165) is 17.0 Å². The number of rotatable bonds is 7. The van der Waals surface area contributed by atoms with E-state index in [1.807, 2.05) is 66.9 Å². The average Bonchev–Trinajstić information content (AvgIpc) is 2.92. The molecule has 130 valence electrons. The van der Waals surface area contributed by atoms with E-state index in [2.05, 4.69) is 10.6 Å². The van der Waals surface area contributed by atoms with Crippen LogP contribution in [0, 0.1) is 0 Å². The minimum absolute atomic E-state index is 0.235. The molecule has 1 fully saturated rings. The third-order valence-electron chi connectivity index (χ3n) is 4.28. The number of urea groups is 1. The molecule has 0 atom stereocenters. The van der Waals surface area contributed by atoms with Crippen LogP contribution < -0.4 is 10.6 Å². The lowest BCUT2D eigenvalue weighted by Crippen LogP contribution is -2.45. The highest BCUT2D eigenvalue weighted by atomic mass is 32.2. The molecule has 1 saturated heterocycles. The van der Waals surface area contributed by atoms with Gasteiger partial charge in [0.25, 0.3) is 5.91 Å². The van der Waals surface area contributed by atoms with Crippen LogP contribution >= 0.6 is 11.8 Å². The van der Waals surface area contributed by atoms with E-state index in [1.165, 1.54) is 4.90 Å². The van der Waals surface area contributed by atoms with E-state index in [4.69, 9.17) is 0 Å². The molecule has 1 aliphatic heterocycles. The molecule has 0 saturated carbocycles. The largest absolute Gasteiger partial charge is 0.325 e. The lowest BCUT2D eigenvalue weighted by molar-refractivity contribution is -0.130. The van der Waals surface area contributed by atoms with Crippen LogP contribution in [0.4, 0.5) is 4.79 Å². The first-order chi connectivity index (χ1) is 12.2. The quantitative estimate of drug-likeness (QED) is 0.455. The predicted molar refractivity (Wildman–Crippen MR) is 100 cm³/mol. The number of nitrogens with zero attached hydrogens (tertiary/aromatic N) is 1. The van der Waals surface area contributed by atoms with Crippen LogP contribution in [0.2, 0.25) is 0 Å². The molecule has 0 aromatic heterocycles. The molecule has 3 amide bonds. The van der Waals surface area contributed by atoms with Crippen molar-refractivity contribution in [1.29, 1.82) is 0 Å². The molecule has 2 aromatic carbocycles. The van der Waals surface area contributed by atoms with Crippen LogP contribution in [0.15, 0.2) is 60.7 Å². The fraction of sp³-hybridized carbons (Fsp3) is 0.263. The fourth-order valence-electron chi connectivity index (χ4n) is 3.08. The zero-order chi connectivity index (χ0) is 17.7. The SMILES string of the molecule is CSCNCCN1C(=O)NC(c2ccccc2)(c2ccccc2)C1=O. The Morgan fingerprint density at radius 2 is 1.56 bits per heavy atom. The molecule has 0 spiro atoms. The standard InChI is InChI=1S/C19H21N3O2S/c1-25-14-20-12-13-22-17(23)19(21-18(22)24,15-8-4-2-5-9-15)16-10-6-3-7-11-16/h2-11,20H,12-14H2,1H3,(H,21,24). The monoisotopic (exact) mass is 355 g/mol. The summed E-state index contributed by atoms with van der Waals surface area (Å²) in [6.07, 6.45) is 2.00. The van der Waals surface area contributed by atoms with Crippen LogP contribution in [0.1, 0.15) is 11.1 Å². The number of hydrogen-bond donors (Lipinski definition) is 2. The van der Waals surface area contributed by atoms with Gasteiger partial charge in [-0.15, -0.1) is 11.8 Å². The lowest BCUT2D eigenvalue weighted by atomic mass is 9.82. The molecular weight excluding hydrogens is 334 g/mol. The summed E-state index contributed by atoms with van der Waals surface area (Å²) in [5.41, 5.74) is 0.359. The molecular formula is C19H21N3O2S. The highest BCUT2D eigenvalue weighted by molar-refractivity contribution is 7.98. The fourth-order valence-corrected chi connectivity index (χ4v) is 3.43. The van der Waals surface area contributed by atoms with Gasteiger partial charge in [-0.1, -0.05) is 60.7 Å². The Hall–Kier alpha value is -2.31. The Labute approximate surface area is 151 Å². The number of thioether (sulfide) groups is 1. The highest BCUT2D eigenvalue weighted by Crippen LogP contribution is 2.35. The van der Waals surface area contributed by atoms with Gasteiger partial charge in [-0.05, 0) is 17.4 Å². The summed E-state index contributed by atoms with van der Waals surface area (Å²) in [5, 5.41) is 6.14. The van der Waals surface area contributed by atoms with Crippen molar-refractivity contribution in [2.45, 2.75) is 5.54 Å². The van der Waals surface area contributed by atoms with Crippen LogP contribution in [-0.2, 0) is 10.3 Å². The van der Waals surface area contributed by atoms with Crippen LogP contribution in [-0.4, -0.2) is 42.1 Å². The summed E-state index contributed by atoms with van der Waals surface area (Å²) < 4.78 is 0. The van der Waals surface area contributed by atoms with Gasteiger partial charge in [-0.2, -0.15) is 0 Å². The second kappa shape index (κ2) is 7.72. The number of carbonyl (C=O) groups excluding carboxylic acids is 2. The number of benzene rings is 2. The first-order valence-corrected chi connectivity index (χ1v) is 9.54. The lowest BCUT2D eigenvalue weighted by Gasteiger charge is -2.28. The number of hydrogen-bond acceptors (Lipinski definition) is 4. The molecule has 0 unspecified atom stereocenters. The van der Waals surface area contributed by atoms with Gasteiger partial charge >= 0.3 is 6.03 Å². The molecule has 25 heavy (non-hydrogen) atoms. The third-order valence-corrected chi connectivity index (χ3v) is 4.77. The third kappa shape index (κ3) is 3.27. The summed E-state index contributed by atoms with van der Waals surface area (Å²) in [4.78, 5) is 27.2. The zero-order valence-electron chi connectivity index (χ0n) is 14.1. The molecule has 2 aromatic rings. The van der Waals surface area contributed by atoms with Crippen molar-refractivity contribution in [2.24, 2.45) is 0 Å². The van der Waals surface area contributed by atoms with Gasteiger partial charge in [0.05, 0.1) is 0 Å². The molecule has 1 heterocycles. The van der Waals surface area contributed by atoms with Gasteiger partial charge in [-0.3, -0.25) is 9.69 Å². The van der Waals surface area contributed by atoms with Gasteiger partial charge in [0.15, 0.2) is 5.54 Å². The maximum absolute atomic E-state index is 13.3. The molecule has 6 heteroatoms.